The number of aromatic nitrogens is 2. The lowest BCUT2D eigenvalue weighted by atomic mass is 9.85. The summed E-state index contributed by atoms with van der Waals surface area (Å²) in [5, 5.41) is 20.9. The minimum Gasteiger partial charge on any atom is -0.485 e. The normalized spacial score (nSPS) is 19.1. The number of rotatable bonds is 4. The molecule has 7 nitrogen and oxygen atoms in total. The maximum atomic E-state index is 11.5. The molecule has 0 spiro atoms. The van der Waals surface area contributed by atoms with Crippen molar-refractivity contribution in [3.05, 3.63) is 83.7 Å². The second kappa shape index (κ2) is 7.66. The fourth-order valence-electron chi connectivity index (χ4n) is 4.11. The Kier molecular flexibility index (Phi) is 4.80. The Hall–Kier alpha value is -3.89. The van der Waals surface area contributed by atoms with E-state index in [1.54, 1.807) is 24.4 Å². The number of anilines is 1. The van der Waals surface area contributed by atoms with Crippen molar-refractivity contribution >= 4 is 17.1 Å². The van der Waals surface area contributed by atoms with Crippen LogP contribution in [0.1, 0.15) is 36.7 Å². The van der Waals surface area contributed by atoms with Crippen molar-refractivity contribution in [3.8, 4) is 11.8 Å². The lowest BCUT2D eigenvalue weighted by Crippen LogP contribution is -2.53. The molecule has 0 radical (unpaired) electrons. The van der Waals surface area contributed by atoms with Gasteiger partial charge in [-0.05, 0) is 56.3 Å². The number of hydrogen-bond acceptors (Lipinski definition) is 7. The lowest BCUT2D eigenvalue weighted by Gasteiger charge is -2.45. The molecule has 1 N–H and O–H groups in total. The first-order valence-corrected chi connectivity index (χ1v) is 10.4. The van der Waals surface area contributed by atoms with E-state index in [0.29, 0.717) is 35.0 Å². The van der Waals surface area contributed by atoms with Crippen LogP contribution in [0.15, 0.2) is 71.3 Å². The van der Waals surface area contributed by atoms with Gasteiger partial charge in [-0.2, -0.15) is 10.2 Å². The van der Waals surface area contributed by atoms with Crippen LogP contribution >= 0.6 is 0 Å². The van der Waals surface area contributed by atoms with Crippen LogP contribution in [0.2, 0.25) is 0 Å². The Bertz CT molecular complexity index is 1280. The molecule has 2 aromatic heterocycles. The summed E-state index contributed by atoms with van der Waals surface area (Å²) in [7, 11) is 0. The monoisotopic (exact) mass is 426 g/mol. The van der Waals surface area contributed by atoms with E-state index in [2.05, 4.69) is 11.1 Å². The van der Waals surface area contributed by atoms with E-state index in [9.17, 15) is 10.4 Å². The summed E-state index contributed by atoms with van der Waals surface area (Å²) in [6, 6.07) is 20.4. The molecule has 7 heteroatoms. The fourth-order valence-corrected chi connectivity index (χ4v) is 4.11. The SMILES string of the molecule is CC1(C)Oc2ccc(C#N)cc2[C@H](N(Cc2ccccn2)c2nc3ccccc3o2)[C@H]1O. The van der Waals surface area contributed by atoms with Gasteiger partial charge in [-0.25, -0.2) is 0 Å². The van der Waals surface area contributed by atoms with Crippen LogP contribution in [0.25, 0.3) is 11.1 Å². The molecule has 0 saturated heterocycles. The third-order valence-electron chi connectivity index (χ3n) is 5.76. The number of pyridine rings is 1. The Morgan fingerprint density at radius 3 is 2.69 bits per heavy atom. The number of aliphatic hydroxyl groups excluding tert-OH is 1. The lowest BCUT2D eigenvalue weighted by molar-refractivity contribution is -0.0596. The number of aliphatic hydroxyl groups is 1. The molecule has 0 saturated carbocycles. The number of nitriles is 1. The predicted octanol–water partition coefficient (Wildman–Crippen LogP) is 4.37. The van der Waals surface area contributed by atoms with E-state index in [1.807, 2.05) is 61.2 Å². The predicted molar refractivity (Wildman–Crippen MR) is 119 cm³/mol. The van der Waals surface area contributed by atoms with Gasteiger partial charge < -0.3 is 19.2 Å². The number of ether oxygens (including phenoxy) is 1. The van der Waals surface area contributed by atoms with Gasteiger partial charge in [0.25, 0.3) is 6.01 Å². The number of nitrogens with zero attached hydrogens (tertiary/aromatic N) is 4. The van der Waals surface area contributed by atoms with Gasteiger partial charge in [0.15, 0.2) is 5.58 Å². The number of oxazole rings is 1. The Morgan fingerprint density at radius 1 is 1.12 bits per heavy atom. The van der Waals surface area contributed by atoms with Crippen molar-refractivity contribution in [3.63, 3.8) is 0 Å². The van der Waals surface area contributed by atoms with Crippen LogP contribution in [-0.2, 0) is 6.54 Å². The summed E-state index contributed by atoms with van der Waals surface area (Å²) < 4.78 is 12.2. The standard InChI is InChI=1S/C25H22N4O3/c1-25(2)23(30)22(18-13-16(14-26)10-11-20(18)32-25)29(15-17-7-5-6-12-27-17)24-28-19-8-3-4-9-21(19)31-24/h3-13,22-23,30H,15H2,1-2H3/t22-,23+/m0/s1. The molecule has 0 aliphatic carbocycles. The van der Waals surface area contributed by atoms with Crippen LogP contribution in [0, 0.1) is 11.3 Å². The first-order chi connectivity index (χ1) is 15.5. The average molecular weight is 426 g/mol. The summed E-state index contributed by atoms with van der Waals surface area (Å²) in [6.45, 7) is 4.04. The molecule has 2 aromatic carbocycles. The number of hydrogen-bond donors (Lipinski definition) is 1. The second-order valence-electron chi connectivity index (χ2n) is 8.37. The smallest absolute Gasteiger partial charge is 0.299 e. The van der Waals surface area contributed by atoms with E-state index in [0.717, 1.165) is 11.2 Å². The highest BCUT2D eigenvalue weighted by atomic mass is 16.5. The van der Waals surface area contributed by atoms with Crippen LogP contribution in [0.4, 0.5) is 6.01 Å². The molecular formula is C25H22N4O3. The average Bonchev–Trinajstić information content (AvgIpc) is 3.23. The summed E-state index contributed by atoms with van der Waals surface area (Å²) in [5.74, 6) is 0.617. The largest absolute Gasteiger partial charge is 0.485 e. The van der Waals surface area contributed by atoms with Gasteiger partial charge in [0.2, 0.25) is 0 Å². The minimum atomic E-state index is -0.928. The van der Waals surface area contributed by atoms with Gasteiger partial charge in [0, 0.05) is 11.8 Å². The van der Waals surface area contributed by atoms with E-state index in [4.69, 9.17) is 14.1 Å². The maximum Gasteiger partial charge on any atom is 0.299 e. The van der Waals surface area contributed by atoms with Crippen molar-refractivity contribution in [2.45, 2.75) is 38.1 Å². The first kappa shape index (κ1) is 20.0. The molecule has 160 valence electrons. The Balaban J connectivity index is 1.70. The van der Waals surface area contributed by atoms with E-state index in [1.165, 1.54) is 0 Å². The molecule has 4 aromatic rings. The molecule has 0 amide bonds. The van der Waals surface area contributed by atoms with Gasteiger partial charge in [0.05, 0.1) is 29.9 Å². The minimum absolute atomic E-state index is 0.349. The van der Waals surface area contributed by atoms with E-state index < -0.39 is 17.7 Å². The maximum absolute atomic E-state index is 11.5. The van der Waals surface area contributed by atoms with Crippen molar-refractivity contribution in [2.75, 3.05) is 4.90 Å². The highest BCUT2D eigenvalue weighted by Crippen LogP contribution is 2.45. The molecule has 1 aliphatic rings. The Morgan fingerprint density at radius 2 is 1.94 bits per heavy atom. The van der Waals surface area contributed by atoms with Gasteiger partial charge in [-0.15, -0.1) is 0 Å². The molecule has 0 bridgehead atoms. The van der Waals surface area contributed by atoms with E-state index >= 15 is 0 Å². The zero-order valence-electron chi connectivity index (χ0n) is 17.8. The van der Waals surface area contributed by atoms with Crippen molar-refractivity contribution in [2.24, 2.45) is 0 Å². The zero-order chi connectivity index (χ0) is 22.3. The molecule has 5 rings (SSSR count). The molecule has 0 unspecified atom stereocenters. The number of fused-ring (bicyclic) bond motifs is 2. The quantitative estimate of drug-likeness (QED) is 0.517. The van der Waals surface area contributed by atoms with Gasteiger partial charge in [-0.1, -0.05) is 18.2 Å². The van der Waals surface area contributed by atoms with Gasteiger partial charge in [-0.3, -0.25) is 4.98 Å². The second-order valence-corrected chi connectivity index (χ2v) is 8.37. The van der Waals surface area contributed by atoms with Crippen molar-refractivity contribution in [1.82, 2.24) is 9.97 Å². The fraction of sp³-hybridized carbons (Fsp3) is 0.240. The molecule has 0 fully saturated rings. The van der Waals surface area contributed by atoms with Crippen LogP contribution in [0.5, 0.6) is 5.75 Å². The van der Waals surface area contributed by atoms with Gasteiger partial charge in [0.1, 0.15) is 23.0 Å². The summed E-state index contributed by atoms with van der Waals surface area (Å²) in [4.78, 5) is 11.1. The summed E-state index contributed by atoms with van der Waals surface area (Å²) in [6.07, 6.45) is 0.800. The molecule has 32 heavy (non-hydrogen) atoms. The highest BCUT2D eigenvalue weighted by molar-refractivity contribution is 5.74. The van der Waals surface area contributed by atoms with Crippen LogP contribution < -0.4 is 9.64 Å². The van der Waals surface area contributed by atoms with Crippen molar-refractivity contribution in [1.29, 1.82) is 5.26 Å². The van der Waals surface area contributed by atoms with Crippen LogP contribution in [0.3, 0.4) is 0 Å². The first-order valence-electron chi connectivity index (χ1n) is 10.4. The summed E-state index contributed by atoms with van der Waals surface area (Å²) >= 11 is 0. The third kappa shape index (κ3) is 3.45. The zero-order valence-corrected chi connectivity index (χ0v) is 17.8. The molecule has 3 heterocycles. The number of para-hydroxylation sites is 2. The molecule has 1 aliphatic heterocycles. The molecular weight excluding hydrogens is 404 g/mol. The van der Waals surface area contributed by atoms with E-state index in [-0.39, 0.29) is 0 Å². The summed E-state index contributed by atoms with van der Waals surface area (Å²) in [5.41, 5.74) is 2.48. The highest BCUT2D eigenvalue weighted by Gasteiger charge is 2.46. The van der Waals surface area contributed by atoms with Crippen LogP contribution in [-0.4, -0.2) is 26.8 Å². The number of benzene rings is 2. The van der Waals surface area contributed by atoms with Crippen molar-refractivity contribution < 1.29 is 14.3 Å². The third-order valence-corrected chi connectivity index (χ3v) is 5.76. The Labute approximate surface area is 185 Å². The molecule has 2 atom stereocenters. The van der Waals surface area contributed by atoms with Gasteiger partial charge >= 0.3 is 0 Å². The topological polar surface area (TPSA) is 95.4 Å².